The maximum Gasteiger partial charge on any atom is -0.0162 e. The summed E-state index contributed by atoms with van der Waals surface area (Å²) < 4.78 is 0. The monoisotopic (exact) mass is 186 g/mol. The minimum absolute atomic E-state index is 0.804. The lowest BCUT2D eigenvalue weighted by atomic mass is 9.91. The molecule has 2 aliphatic rings. The Morgan fingerprint density at radius 1 is 1.00 bits per heavy atom. The Kier molecular flexibility index (Phi) is 3.43. The van der Waals surface area contributed by atoms with Crippen LogP contribution in [0.25, 0.3) is 0 Å². The molecule has 0 amide bonds. The van der Waals surface area contributed by atoms with Crippen molar-refractivity contribution in [2.45, 2.75) is 38.5 Å². The van der Waals surface area contributed by atoms with Crippen molar-refractivity contribution in [2.75, 3.05) is 0 Å². The molecular weight excluding hydrogens is 168 g/mol. The van der Waals surface area contributed by atoms with Gasteiger partial charge in [-0.2, -0.15) is 0 Å². The molecule has 0 spiro atoms. The second-order valence-electron chi connectivity index (χ2n) is 4.21. The standard InChI is InChI=1S/C14H18/c1-2-6-10-13(9-5-1)14-11-7-3-4-8-12-14/h1,5-6,9-10,14H,3-4,7-8,11-12H2. The van der Waals surface area contributed by atoms with Crippen LogP contribution in [0.2, 0.25) is 0 Å². The Morgan fingerprint density at radius 2 is 1.79 bits per heavy atom. The minimum atomic E-state index is 0.804. The van der Waals surface area contributed by atoms with Crippen molar-refractivity contribution in [3.63, 3.8) is 0 Å². The van der Waals surface area contributed by atoms with Gasteiger partial charge in [0.15, 0.2) is 0 Å². The highest BCUT2D eigenvalue weighted by molar-refractivity contribution is 5.31. The van der Waals surface area contributed by atoms with E-state index < -0.39 is 0 Å². The summed E-state index contributed by atoms with van der Waals surface area (Å²) in [6.45, 7) is 0. The first kappa shape index (κ1) is 9.55. The Hall–Kier alpha value is -1.00. The quantitative estimate of drug-likeness (QED) is 0.426. The Balaban J connectivity index is 2.06. The van der Waals surface area contributed by atoms with Crippen molar-refractivity contribution in [3.05, 3.63) is 41.7 Å². The summed E-state index contributed by atoms with van der Waals surface area (Å²) in [5.41, 5.74) is 4.63. The third kappa shape index (κ3) is 2.49. The molecule has 0 heterocycles. The normalized spacial score (nSPS) is 23.0. The van der Waals surface area contributed by atoms with Crippen LogP contribution in [-0.2, 0) is 0 Å². The molecule has 0 aromatic heterocycles. The van der Waals surface area contributed by atoms with Gasteiger partial charge < -0.3 is 0 Å². The molecule has 14 heavy (non-hydrogen) atoms. The number of rotatable bonds is 1. The molecule has 0 bridgehead atoms. The van der Waals surface area contributed by atoms with Gasteiger partial charge in [-0.3, -0.25) is 0 Å². The highest BCUT2D eigenvalue weighted by Crippen LogP contribution is 2.29. The summed E-state index contributed by atoms with van der Waals surface area (Å²) in [5, 5.41) is 0. The van der Waals surface area contributed by atoms with Crippen LogP contribution in [0.15, 0.2) is 41.7 Å². The average molecular weight is 186 g/mol. The van der Waals surface area contributed by atoms with Crippen LogP contribution in [0, 0.1) is 5.92 Å². The highest BCUT2D eigenvalue weighted by Gasteiger charge is 2.14. The molecular formula is C14H18. The van der Waals surface area contributed by atoms with E-state index in [-0.39, 0.29) is 0 Å². The van der Waals surface area contributed by atoms with E-state index in [4.69, 9.17) is 0 Å². The van der Waals surface area contributed by atoms with Crippen molar-refractivity contribution in [3.8, 4) is 0 Å². The van der Waals surface area contributed by atoms with Gasteiger partial charge in [-0.1, -0.05) is 43.9 Å². The smallest absolute Gasteiger partial charge is 0.0162 e. The van der Waals surface area contributed by atoms with Gasteiger partial charge in [0.25, 0.3) is 0 Å². The summed E-state index contributed by atoms with van der Waals surface area (Å²) in [5.74, 6) is 0.804. The van der Waals surface area contributed by atoms with Crippen LogP contribution >= 0.6 is 0 Å². The van der Waals surface area contributed by atoms with Gasteiger partial charge in [-0.25, -0.2) is 0 Å². The van der Waals surface area contributed by atoms with E-state index >= 15 is 0 Å². The zero-order valence-electron chi connectivity index (χ0n) is 8.71. The molecule has 74 valence electrons. The summed E-state index contributed by atoms with van der Waals surface area (Å²) in [7, 11) is 0. The van der Waals surface area contributed by atoms with Gasteiger partial charge in [-0.05, 0) is 36.5 Å². The zero-order valence-corrected chi connectivity index (χ0v) is 8.71. The molecule has 0 unspecified atom stereocenters. The second-order valence-corrected chi connectivity index (χ2v) is 4.21. The first-order valence-electron chi connectivity index (χ1n) is 5.76. The highest BCUT2D eigenvalue weighted by atomic mass is 14.2. The largest absolute Gasteiger partial charge is 0.121 e. The summed E-state index contributed by atoms with van der Waals surface area (Å²) >= 11 is 0. The lowest BCUT2D eigenvalue weighted by Crippen LogP contribution is -2.00. The molecule has 0 aromatic carbocycles. The molecule has 0 aliphatic heterocycles. The summed E-state index contributed by atoms with van der Waals surface area (Å²) in [6, 6.07) is 0. The van der Waals surface area contributed by atoms with Crippen molar-refractivity contribution >= 4 is 0 Å². The molecule has 0 N–H and O–H groups in total. The predicted octanol–water partition coefficient (Wildman–Crippen LogP) is 4.16. The Bertz CT molecular complexity index is 290. The van der Waals surface area contributed by atoms with E-state index in [0.717, 1.165) is 5.92 Å². The molecule has 0 radical (unpaired) electrons. The van der Waals surface area contributed by atoms with Crippen LogP contribution in [-0.4, -0.2) is 0 Å². The van der Waals surface area contributed by atoms with Crippen molar-refractivity contribution in [2.24, 2.45) is 5.92 Å². The molecule has 1 saturated carbocycles. The fourth-order valence-corrected chi connectivity index (χ4v) is 2.36. The van der Waals surface area contributed by atoms with Gasteiger partial charge in [0.05, 0.1) is 0 Å². The van der Waals surface area contributed by atoms with Crippen molar-refractivity contribution < 1.29 is 0 Å². The summed E-state index contributed by atoms with van der Waals surface area (Å²) in [4.78, 5) is 0. The molecule has 1 fully saturated rings. The van der Waals surface area contributed by atoms with E-state index in [1.54, 1.807) is 0 Å². The minimum Gasteiger partial charge on any atom is -0.121 e. The van der Waals surface area contributed by atoms with Crippen LogP contribution < -0.4 is 0 Å². The number of hydrogen-bond acceptors (Lipinski definition) is 0. The third-order valence-electron chi connectivity index (χ3n) is 3.18. The zero-order chi connectivity index (χ0) is 9.64. The van der Waals surface area contributed by atoms with Crippen molar-refractivity contribution in [1.29, 1.82) is 0 Å². The van der Waals surface area contributed by atoms with Gasteiger partial charge in [0, 0.05) is 0 Å². The predicted molar refractivity (Wildman–Crippen MR) is 61.1 cm³/mol. The second kappa shape index (κ2) is 5.02. The van der Waals surface area contributed by atoms with E-state index in [0.29, 0.717) is 0 Å². The molecule has 0 aromatic rings. The maximum atomic E-state index is 3.12. The van der Waals surface area contributed by atoms with Gasteiger partial charge >= 0.3 is 0 Å². The SMILES string of the molecule is C1=CC=CC(C2CCCCCC2)=CC=1. The molecule has 0 heteroatoms. The van der Waals surface area contributed by atoms with Crippen molar-refractivity contribution in [1.82, 2.24) is 0 Å². The Morgan fingerprint density at radius 3 is 2.57 bits per heavy atom. The fraction of sp³-hybridized carbons (Fsp3) is 0.500. The number of hydrogen-bond donors (Lipinski definition) is 0. The molecule has 2 aliphatic carbocycles. The van der Waals surface area contributed by atoms with Gasteiger partial charge in [0.1, 0.15) is 0 Å². The van der Waals surface area contributed by atoms with Crippen LogP contribution in [0.5, 0.6) is 0 Å². The van der Waals surface area contributed by atoms with E-state index in [1.165, 1.54) is 44.1 Å². The third-order valence-corrected chi connectivity index (χ3v) is 3.18. The van der Waals surface area contributed by atoms with E-state index in [9.17, 15) is 0 Å². The summed E-state index contributed by atoms with van der Waals surface area (Å²) in [6.07, 6.45) is 19.1. The van der Waals surface area contributed by atoms with Crippen LogP contribution in [0.4, 0.5) is 0 Å². The fourth-order valence-electron chi connectivity index (χ4n) is 2.36. The number of allylic oxidation sites excluding steroid dienone is 5. The van der Waals surface area contributed by atoms with Crippen LogP contribution in [0.3, 0.4) is 0 Å². The maximum absolute atomic E-state index is 3.12. The lowest BCUT2D eigenvalue weighted by Gasteiger charge is -2.14. The first-order valence-corrected chi connectivity index (χ1v) is 5.76. The van der Waals surface area contributed by atoms with Gasteiger partial charge in [0.2, 0.25) is 0 Å². The van der Waals surface area contributed by atoms with Crippen LogP contribution in [0.1, 0.15) is 38.5 Å². The average Bonchev–Trinajstić information content (AvgIpc) is 2.62. The van der Waals surface area contributed by atoms with Gasteiger partial charge in [-0.15, -0.1) is 5.73 Å². The van der Waals surface area contributed by atoms with E-state index in [2.05, 4.69) is 24.0 Å². The Labute approximate surface area is 86.7 Å². The topological polar surface area (TPSA) is 0 Å². The first-order chi connectivity index (χ1) is 6.97. The molecule has 0 saturated heterocycles. The molecule has 0 atom stereocenters. The molecule has 0 nitrogen and oxygen atoms in total. The lowest BCUT2D eigenvalue weighted by molar-refractivity contribution is 0.540. The van der Waals surface area contributed by atoms with E-state index in [1.807, 2.05) is 12.2 Å². The molecule has 2 rings (SSSR count).